The number of nitrogens with zero attached hydrogens (tertiary/aromatic N) is 4. The van der Waals surface area contributed by atoms with Crippen molar-refractivity contribution in [3.8, 4) is 5.88 Å². The minimum atomic E-state index is 0.0944. The van der Waals surface area contributed by atoms with Crippen LogP contribution in [0.4, 0.5) is 5.69 Å². The summed E-state index contributed by atoms with van der Waals surface area (Å²) >= 11 is 0. The Balaban J connectivity index is 2.04. The molecule has 2 aromatic heterocycles. The van der Waals surface area contributed by atoms with E-state index in [9.17, 15) is 0 Å². The van der Waals surface area contributed by atoms with Crippen LogP contribution in [-0.4, -0.2) is 26.1 Å². The first kappa shape index (κ1) is 12.3. The number of hydrogen-bond acceptors (Lipinski definition) is 5. The summed E-state index contributed by atoms with van der Waals surface area (Å²) in [6.45, 7) is 4.54. The largest absolute Gasteiger partial charge is 0.473 e. The third kappa shape index (κ3) is 3.19. The molecule has 6 heteroatoms. The highest BCUT2D eigenvalue weighted by molar-refractivity contribution is 5.52. The molecule has 96 valence electrons. The normalized spacial score (nSPS) is 10.7. The lowest BCUT2D eigenvalue weighted by Gasteiger charge is -2.13. The molecule has 0 fully saturated rings. The van der Waals surface area contributed by atoms with E-state index in [-0.39, 0.29) is 6.10 Å². The molecule has 0 saturated carbocycles. The summed E-state index contributed by atoms with van der Waals surface area (Å²) in [5, 5.41) is 11.1. The second kappa shape index (κ2) is 5.48. The quantitative estimate of drug-likeness (QED) is 0.869. The molecule has 2 rings (SSSR count). The summed E-state index contributed by atoms with van der Waals surface area (Å²) in [7, 11) is 1.84. The summed E-state index contributed by atoms with van der Waals surface area (Å²) in [6.07, 6.45) is 3.68. The summed E-state index contributed by atoms with van der Waals surface area (Å²) in [6, 6.07) is 3.80. The predicted octanol–water partition coefficient (Wildman–Crippen LogP) is 1.61. The fourth-order valence-corrected chi connectivity index (χ4v) is 1.50. The molecule has 0 unspecified atom stereocenters. The highest BCUT2D eigenvalue weighted by Crippen LogP contribution is 2.22. The van der Waals surface area contributed by atoms with Gasteiger partial charge in [0, 0.05) is 19.4 Å². The SMILES string of the molecule is CC(C)Oc1ncccc1NCc1cn(C)nn1. The first-order valence-electron chi connectivity index (χ1n) is 5.86. The molecule has 0 bridgehead atoms. The summed E-state index contributed by atoms with van der Waals surface area (Å²) in [5.41, 5.74) is 1.73. The molecule has 6 nitrogen and oxygen atoms in total. The van der Waals surface area contributed by atoms with Gasteiger partial charge < -0.3 is 10.1 Å². The zero-order valence-corrected chi connectivity index (χ0v) is 10.8. The molecule has 2 aromatic rings. The molecule has 0 radical (unpaired) electrons. The van der Waals surface area contributed by atoms with E-state index in [1.165, 1.54) is 0 Å². The number of ether oxygens (including phenoxy) is 1. The summed E-state index contributed by atoms with van der Waals surface area (Å²) < 4.78 is 7.30. The van der Waals surface area contributed by atoms with Gasteiger partial charge in [-0.3, -0.25) is 4.68 Å². The number of aromatic nitrogens is 4. The first-order valence-corrected chi connectivity index (χ1v) is 5.86. The van der Waals surface area contributed by atoms with Crippen molar-refractivity contribution in [3.63, 3.8) is 0 Å². The molecule has 18 heavy (non-hydrogen) atoms. The van der Waals surface area contributed by atoms with Gasteiger partial charge >= 0.3 is 0 Å². The van der Waals surface area contributed by atoms with Crippen LogP contribution in [0, 0.1) is 0 Å². The van der Waals surface area contributed by atoms with E-state index >= 15 is 0 Å². The standard InChI is InChI=1S/C12H17N5O/c1-9(2)18-12-11(5-4-6-13-12)14-7-10-8-17(3)16-15-10/h4-6,8-9,14H,7H2,1-3H3. The van der Waals surface area contributed by atoms with Crippen LogP contribution in [0.5, 0.6) is 5.88 Å². The number of aryl methyl sites for hydroxylation is 1. The second-order valence-corrected chi connectivity index (χ2v) is 4.26. The van der Waals surface area contributed by atoms with E-state index in [4.69, 9.17) is 4.74 Å². The van der Waals surface area contributed by atoms with Crippen molar-refractivity contribution in [2.45, 2.75) is 26.5 Å². The summed E-state index contributed by atoms with van der Waals surface area (Å²) in [4.78, 5) is 4.21. The van der Waals surface area contributed by atoms with Crippen molar-refractivity contribution in [2.75, 3.05) is 5.32 Å². The number of hydrogen-bond donors (Lipinski definition) is 1. The summed E-state index contributed by atoms with van der Waals surface area (Å²) in [5.74, 6) is 0.608. The molecule has 0 aliphatic heterocycles. The van der Waals surface area contributed by atoms with E-state index in [0.29, 0.717) is 12.4 Å². The van der Waals surface area contributed by atoms with Gasteiger partial charge in [-0.2, -0.15) is 0 Å². The predicted molar refractivity (Wildman–Crippen MR) is 68.3 cm³/mol. The maximum atomic E-state index is 5.62. The van der Waals surface area contributed by atoms with Gasteiger partial charge in [-0.25, -0.2) is 4.98 Å². The molecule has 1 N–H and O–H groups in total. The van der Waals surface area contributed by atoms with Gasteiger partial charge in [-0.1, -0.05) is 5.21 Å². The molecule has 0 aliphatic rings. The van der Waals surface area contributed by atoms with Crippen LogP contribution in [0.1, 0.15) is 19.5 Å². The Kier molecular flexibility index (Phi) is 3.76. The molecule has 0 atom stereocenters. The number of nitrogens with one attached hydrogen (secondary N) is 1. The van der Waals surface area contributed by atoms with Crippen LogP contribution >= 0.6 is 0 Å². The maximum Gasteiger partial charge on any atom is 0.237 e. The van der Waals surface area contributed by atoms with Crippen molar-refractivity contribution >= 4 is 5.69 Å². The first-order chi connectivity index (χ1) is 8.65. The Hall–Kier alpha value is -2.11. The van der Waals surface area contributed by atoms with Crippen molar-refractivity contribution < 1.29 is 4.74 Å². The van der Waals surface area contributed by atoms with Crippen LogP contribution in [-0.2, 0) is 13.6 Å². The van der Waals surface area contributed by atoms with Crippen molar-refractivity contribution in [1.29, 1.82) is 0 Å². The van der Waals surface area contributed by atoms with Gasteiger partial charge in [0.1, 0.15) is 5.69 Å². The van der Waals surface area contributed by atoms with Gasteiger partial charge in [-0.05, 0) is 26.0 Å². The third-order valence-electron chi connectivity index (χ3n) is 2.23. The van der Waals surface area contributed by atoms with Gasteiger partial charge in [0.05, 0.1) is 18.3 Å². The zero-order valence-electron chi connectivity index (χ0n) is 10.8. The highest BCUT2D eigenvalue weighted by Gasteiger charge is 2.07. The monoisotopic (exact) mass is 247 g/mol. The van der Waals surface area contributed by atoms with E-state index in [2.05, 4.69) is 20.6 Å². The Labute approximate surface area is 106 Å². The lowest BCUT2D eigenvalue weighted by atomic mass is 10.3. The molecular formula is C12H17N5O. The smallest absolute Gasteiger partial charge is 0.237 e. The average molecular weight is 247 g/mol. The molecule has 0 aliphatic carbocycles. The Morgan fingerprint density at radius 1 is 1.44 bits per heavy atom. The molecule has 2 heterocycles. The van der Waals surface area contributed by atoms with Crippen LogP contribution in [0.15, 0.2) is 24.5 Å². The topological polar surface area (TPSA) is 64.9 Å². The van der Waals surface area contributed by atoms with E-state index in [0.717, 1.165) is 11.4 Å². The van der Waals surface area contributed by atoms with Crippen LogP contribution < -0.4 is 10.1 Å². The number of anilines is 1. The van der Waals surface area contributed by atoms with Gasteiger partial charge in [0.25, 0.3) is 0 Å². The maximum absolute atomic E-state index is 5.62. The average Bonchev–Trinajstić information content (AvgIpc) is 2.73. The zero-order chi connectivity index (χ0) is 13.0. The van der Waals surface area contributed by atoms with Gasteiger partial charge in [0.15, 0.2) is 0 Å². The molecule has 0 amide bonds. The lowest BCUT2D eigenvalue weighted by Crippen LogP contribution is -2.10. The van der Waals surface area contributed by atoms with Crippen molar-refractivity contribution in [2.24, 2.45) is 7.05 Å². The van der Waals surface area contributed by atoms with Gasteiger partial charge in [-0.15, -0.1) is 5.10 Å². The Morgan fingerprint density at radius 2 is 2.28 bits per heavy atom. The second-order valence-electron chi connectivity index (χ2n) is 4.26. The van der Waals surface area contributed by atoms with E-state index < -0.39 is 0 Å². The van der Waals surface area contributed by atoms with E-state index in [1.54, 1.807) is 10.9 Å². The molecule has 0 aromatic carbocycles. The fraction of sp³-hybridized carbons (Fsp3) is 0.417. The highest BCUT2D eigenvalue weighted by atomic mass is 16.5. The van der Waals surface area contributed by atoms with Crippen LogP contribution in [0.25, 0.3) is 0 Å². The minimum Gasteiger partial charge on any atom is -0.473 e. The minimum absolute atomic E-state index is 0.0944. The molecular weight excluding hydrogens is 230 g/mol. The number of rotatable bonds is 5. The van der Waals surface area contributed by atoms with Crippen molar-refractivity contribution in [3.05, 3.63) is 30.2 Å². The molecule has 0 saturated heterocycles. The number of pyridine rings is 1. The third-order valence-corrected chi connectivity index (χ3v) is 2.23. The Morgan fingerprint density at radius 3 is 2.94 bits per heavy atom. The lowest BCUT2D eigenvalue weighted by molar-refractivity contribution is 0.234. The van der Waals surface area contributed by atoms with Crippen molar-refractivity contribution in [1.82, 2.24) is 20.0 Å². The van der Waals surface area contributed by atoms with Crippen LogP contribution in [0.3, 0.4) is 0 Å². The van der Waals surface area contributed by atoms with Gasteiger partial charge in [0.2, 0.25) is 5.88 Å². The Bertz CT molecular complexity index is 509. The fourth-order valence-electron chi connectivity index (χ4n) is 1.50. The van der Waals surface area contributed by atoms with E-state index in [1.807, 2.05) is 39.2 Å². The van der Waals surface area contributed by atoms with Crippen LogP contribution in [0.2, 0.25) is 0 Å². The molecule has 0 spiro atoms.